The lowest BCUT2D eigenvalue weighted by Crippen LogP contribution is -2.64. The Balaban J connectivity index is 0.00000288. The molecule has 0 amide bonds. The first kappa shape index (κ1) is 21.6. The molecule has 10 atom stereocenters. The summed E-state index contributed by atoms with van der Waals surface area (Å²) in [6.07, 6.45) is -15.6. The van der Waals surface area contributed by atoms with Gasteiger partial charge < -0.3 is 60.5 Å². The molecule has 0 aromatic heterocycles. The summed E-state index contributed by atoms with van der Waals surface area (Å²) in [5, 5.41) is 76.7. The van der Waals surface area contributed by atoms with Crippen LogP contribution in [0.1, 0.15) is 0 Å². The van der Waals surface area contributed by atoms with E-state index >= 15 is 0 Å². The highest BCUT2D eigenvalue weighted by Crippen LogP contribution is 2.28. The molecule has 144 valence electrons. The molecule has 0 spiro atoms. The largest absolute Gasteiger partial charge is 0.412 e. The first-order chi connectivity index (χ1) is 10.8. The van der Waals surface area contributed by atoms with Crippen LogP contribution in [0.4, 0.5) is 0 Å². The number of hydrogen-bond donors (Lipinski definition) is 8. The molecule has 2 fully saturated rings. The normalized spacial score (nSPS) is 49.5. The van der Waals surface area contributed by atoms with Crippen LogP contribution in [0.5, 0.6) is 0 Å². The summed E-state index contributed by atoms with van der Waals surface area (Å²) in [5.41, 5.74) is 0. The molecule has 0 aromatic rings. The minimum atomic E-state index is -1.75. The van der Waals surface area contributed by atoms with E-state index in [0.717, 1.165) is 0 Å². The highest BCUT2D eigenvalue weighted by Gasteiger charge is 2.50. The van der Waals surface area contributed by atoms with Crippen molar-refractivity contribution in [1.82, 2.24) is 0 Å². The summed E-state index contributed by atoms with van der Waals surface area (Å²) in [7, 11) is 0. The highest BCUT2D eigenvalue weighted by molar-refractivity contribution is 4.93. The van der Waals surface area contributed by atoms with Crippen molar-refractivity contribution < 1.29 is 60.5 Å². The number of aliphatic hydroxyl groups is 8. The first-order valence-corrected chi connectivity index (χ1v) is 7.08. The van der Waals surface area contributed by atoms with Crippen LogP contribution >= 0.6 is 0 Å². The molecule has 0 bridgehead atoms. The van der Waals surface area contributed by atoms with Crippen LogP contribution in [0, 0.1) is 0 Å². The van der Waals surface area contributed by atoms with Crippen molar-refractivity contribution in [3.8, 4) is 0 Å². The summed E-state index contributed by atoms with van der Waals surface area (Å²) in [6, 6.07) is 0. The molecule has 2 saturated heterocycles. The van der Waals surface area contributed by atoms with Crippen LogP contribution in [0.2, 0.25) is 0 Å². The molecule has 10 unspecified atom stereocenters. The molecule has 0 radical (unpaired) electrons. The molecule has 2 heterocycles. The number of hydrogen-bond acceptors (Lipinski definition) is 11. The fraction of sp³-hybridized carbons (Fsp3) is 1.00. The lowest BCUT2D eigenvalue weighted by molar-refractivity contribution is -0.361. The Morgan fingerprint density at radius 2 is 1.17 bits per heavy atom. The standard InChI is InChI=1S/C12H22O11.H2O/c13-1-3-6(16)8(18)10(11(20)21-3)23-12-9(19)7(17)5(15)4(2-14)22-12;/h3-20H,1-2H2;1H2. The summed E-state index contributed by atoms with van der Waals surface area (Å²) in [4.78, 5) is 0. The van der Waals surface area contributed by atoms with Crippen molar-refractivity contribution in [3.63, 3.8) is 0 Å². The van der Waals surface area contributed by atoms with Gasteiger partial charge in [0, 0.05) is 0 Å². The van der Waals surface area contributed by atoms with Crippen LogP contribution in [0.25, 0.3) is 0 Å². The fourth-order valence-electron chi connectivity index (χ4n) is 2.55. The maximum Gasteiger partial charge on any atom is 0.187 e. The van der Waals surface area contributed by atoms with E-state index in [1.165, 1.54) is 0 Å². The fourth-order valence-corrected chi connectivity index (χ4v) is 2.55. The molecule has 10 N–H and O–H groups in total. The molecule has 2 aliphatic rings. The quantitative estimate of drug-likeness (QED) is 0.235. The van der Waals surface area contributed by atoms with E-state index in [0.29, 0.717) is 0 Å². The number of aliphatic hydroxyl groups excluding tert-OH is 8. The van der Waals surface area contributed by atoms with Gasteiger partial charge in [0.05, 0.1) is 13.2 Å². The lowest BCUT2D eigenvalue weighted by Gasteiger charge is -2.44. The zero-order chi connectivity index (χ0) is 17.3. The Bertz CT molecular complexity index is 381. The molecular weight excluding hydrogens is 336 g/mol. The second-order valence-corrected chi connectivity index (χ2v) is 5.53. The van der Waals surface area contributed by atoms with E-state index in [2.05, 4.69) is 0 Å². The molecule has 0 saturated carbocycles. The molecule has 12 heteroatoms. The lowest BCUT2D eigenvalue weighted by atomic mass is 9.97. The molecule has 2 rings (SSSR count). The van der Waals surface area contributed by atoms with E-state index < -0.39 is 74.6 Å². The van der Waals surface area contributed by atoms with Gasteiger partial charge in [-0.25, -0.2) is 0 Å². The van der Waals surface area contributed by atoms with Gasteiger partial charge in [0.25, 0.3) is 0 Å². The van der Waals surface area contributed by atoms with Gasteiger partial charge in [-0.1, -0.05) is 0 Å². The number of rotatable bonds is 4. The van der Waals surface area contributed by atoms with Gasteiger partial charge in [0.2, 0.25) is 0 Å². The third-order valence-electron chi connectivity index (χ3n) is 3.98. The molecule has 0 aliphatic carbocycles. The monoisotopic (exact) mass is 360 g/mol. The third kappa shape index (κ3) is 4.01. The zero-order valence-electron chi connectivity index (χ0n) is 12.5. The van der Waals surface area contributed by atoms with Gasteiger partial charge in [0.1, 0.15) is 48.8 Å². The van der Waals surface area contributed by atoms with Gasteiger partial charge in [0.15, 0.2) is 12.6 Å². The van der Waals surface area contributed by atoms with Crippen molar-refractivity contribution in [2.45, 2.75) is 61.4 Å². The van der Waals surface area contributed by atoms with Gasteiger partial charge >= 0.3 is 0 Å². The Labute approximate surface area is 136 Å². The molecule has 2 aliphatic heterocycles. The predicted octanol–water partition coefficient (Wildman–Crippen LogP) is -6.22. The third-order valence-corrected chi connectivity index (χ3v) is 3.98. The van der Waals surface area contributed by atoms with Gasteiger partial charge in [-0.15, -0.1) is 0 Å². The molecule has 0 aromatic carbocycles. The summed E-state index contributed by atoms with van der Waals surface area (Å²) >= 11 is 0. The van der Waals surface area contributed by atoms with Crippen molar-refractivity contribution >= 4 is 0 Å². The van der Waals surface area contributed by atoms with Crippen LogP contribution in [0.3, 0.4) is 0 Å². The average molecular weight is 360 g/mol. The minimum absolute atomic E-state index is 0. The Hall–Kier alpha value is -0.480. The SMILES string of the molecule is O.OCC1OC(OC2C(O)OC(CO)C(O)C2O)C(O)C(O)C1O. The highest BCUT2D eigenvalue weighted by atomic mass is 16.7. The van der Waals surface area contributed by atoms with Crippen molar-refractivity contribution in [1.29, 1.82) is 0 Å². The van der Waals surface area contributed by atoms with Gasteiger partial charge in [-0.05, 0) is 0 Å². The Morgan fingerprint density at radius 1 is 0.667 bits per heavy atom. The minimum Gasteiger partial charge on any atom is -0.412 e. The molecular formula is C12H24O12. The summed E-state index contributed by atoms with van der Waals surface area (Å²) in [6.45, 7) is -1.33. The maximum atomic E-state index is 9.94. The van der Waals surface area contributed by atoms with Crippen LogP contribution in [0.15, 0.2) is 0 Å². The topological polar surface area (TPSA) is 221 Å². The second kappa shape index (κ2) is 8.75. The van der Waals surface area contributed by atoms with E-state index in [9.17, 15) is 30.6 Å². The van der Waals surface area contributed by atoms with Gasteiger partial charge in [-0.2, -0.15) is 0 Å². The smallest absolute Gasteiger partial charge is 0.187 e. The maximum absolute atomic E-state index is 9.94. The second-order valence-electron chi connectivity index (χ2n) is 5.53. The Morgan fingerprint density at radius 3 is 1.71 bits per heavy atom. The summed E-state index contributed by atoms with van der Waals surface area (Å²) < 4.78 is 15.1. The number of ether oxygens (including phenoxy) is 3. The first-order valence-electron chi connectivity index (χ1n) is 7.08. The zero-order valence-corrected chi connectivity index (χ0v) is 12.5. The average Bonchev–Trinajstić information content (AvgIpc) is 2.54. The van der Waals surface area contributed by atoms with Crippen LogP contribution in [-0.4, -0.2) is 121 Å². The van der Waals surface area contributed by atoms with Crippen LogP contribution in [-0.2, 0) is 14.2 Å². The van der Waals surface area contributed by atoms with Crippen molar-refractivity contribution in [2.24, 2.45) is 0 Å². The summed E-state index contributed by atoms with van der Waals surface area (Å²) in [5.74, 6) is 0. The Kier molecular flexibility index (Phi) is 7.86. The van der Waals surface area contributed by atoms with E-state index in [4.69, 9.17) is 24.4 Å². The van der Waals surface area contributed by atoms with Crippen molar-refractivity contribution in [3.05, 3.63) is 0 Å². The van der Waals surface area contributed by atoms with E-state index in [-0.39, 0.29) is 5.48 Å². The molecule has 12 nitrogen and oxygen atoms in total. The van der Waals surface area contributed by atoms with E-state index in [1.807, 2.05) is 0 Å². The van der Waals surface area contributed by atoms with Crippen LogP contribution < -0.4 is 0 Å². The predicted molar refractivity (Wildman–Crippen MR) is 72.2 cm³/mol. The van der Waals surface area contributed by atoms with Crippen molar-refractivity contribution in [2.75, 3.05) is 13.2 Å². The van der Waals surface area contributed by atoms with E-state index in [1.54, 1.807) is 0 Å². The molecule has 24 heavy (non-hydrogen) atoms. The van der Waals surface area contributed by atoms with Gasteiger partial charge in [-0.3, -0.25) is 0 Å².